The Morgan fingerprint density at radius 2 is 1.05 bits per heavy atom. The lowest BCUT2D eigenvalue weighted by molar-refractivity contribution is 0.626. The van der Waals surface area contributed by atoms with Gasteiger partial charge in [0.05, 0.1) is 0 Å². The summed E-state index contributed by atoms with van der Waals surface area (Å²) in [5, 5.41) is 1.60. The molecule has 2 atom stereocenters. The predicted molar refractivity (Wildman–Crippen MR) is 121 cm³/mol. The van der Waals surface area contributed by atoms with Crippen LogP contribution in [-0.4, -0.2) is 22.5 Å². The summed E-state index contributed by atoms with van der Waals surface area (Å²) in [6.45, 7) is 22.5. The third-order valence-electron chi connectivity index (χ3n) is 3.28. The van der Waals surface area contributed by atoms with E-state index in [1.807, 2.05) is 43.2 Å². The summed E-state index contributed by atoms with van der Waals surface area (Å²) >= 11 is 0. The summed E-state index contributed by atoms with van der Waals surface area (Å²) < 4.78 is 0. The van der Waals surface area contributed by atoms with Gasteiger partial charge in [-0.05, 0) is 24.0 Å². The minimum absolute atomic E-state index is 0.796. The van der Waals surface area contributed by atoms with Crippen LogP contribution < -0.4 is 0 Å². The fourth-order valence-corrected chi connectivity index (χ4v) is 4.94. The molecular weight excluding hydrogens is 344 g/mol. The fraction of sp³-hybridized carbons (Fsp3) is 1.00. The monoisotopic (exact) mass is 386 g/mol. The van der Waals surface area contributed by atoms with Crippen LogP contribution in [0.2, 0.25) is 0 Å². The maximum Gasteiger partial charge on any atom is 0.0146 e. The molecule has 0 radical (unpaired) electrons. The van der Waals surface area contributed by atoms with Crippen LogP contribution in [0.4, 0.5) is 0 Å². The molecule has 0 rings (SSSR count). The van der Waals surface area contributed by atoms with Gasteiger partial charge in [-0.3, -0.25) is 0 Å². The molecule has 0 aliphatic rings. The van der Waals surface area contributed by atoms with Gasteiger partial charge in [0.25, 0.3) is 0 Å². The Hall–Kier alpha value is 1.40. The summed E-state index contributed by atoms with van der Waals surface area (Å²) in [5.74, 6) is 3.73. The minimum Gasteiger partial charge on any atom is -0.0973 e. The Balaban J connectivity index is -0.000000257. The number of hydrogen-bond acceptors (Lipinski definition) is 4. The Labute approximate surface area is 158 Å². The van der Waals surface area contributed by atoms with Crippen LogP contribution in [-0.2, 0) is 0 Å². The van der Waals surface area contributed by atoms with E-state index in [2.05, 4.69) is 75.5 Å². The van der Waals surface area contributed by atoms with Gasteiger partial charge in [-0.2, -0.15) is 0 Å². The molecule has 0 saturated carbocycles. The molecule has 0 bridgehead atoms. The van der Waals surface area contributed by atoms with Crippen molar-refractivity contribution in [2.45, 2.75) is 86.2 Å². The summed E-state index contributed by atoms with van der Waals surface area (Å²) in [7, 11) is 7.77. The first-order chi connectivity index (χ1) is 10.1. The van der Waals surface area contributed by atoms with E-state index in [0.717, 1.165) is 28.3 Å². The molecule has 0 aromatic heterocycles. The van der Waals surface area contributed by atoms with Crippen molar-refractivity contribution in [1.82, 2.24) is 0 Å². The highest BCUT2D eigenvalue weighted by molar-refractivity contribution is 8.77. The molecular formula is C18H42S4. The van der Waals surface area contributed by atoms with Crippen LogP contribution >= 0.6 is 43.2 Å². The van der Waals surface area contributed by atoms with Gasteiger partial charge in [-0.15, -0.1) is 0 Å². The largest absolute Gasteiger partial charge is 0.0973 e. The quantitative estimate of drug-likeness (QED) is 0.383. The van der Waals surface area contributed by atoms with Crippen molar-refractivity contribution >= 4 is 43.2 Å². The SMILES string of the molecule is CCC(C)C.CCSSC(C)C(C)C.CSSC(C)C(C)C. The normalized spacial score (nSPS) is 13.4. The Morgan fingerprint density at radius 1 is 0.682 bits per heavy atom. The van der Waals surface area contributed by atoms with Crippen molar-refractivity contribution in [3.8, 4) is 0 Å². The number of hydrogen-bond donors (Lipinski definition) is 0. The van der Waals surface area contributed by atoms with Crippen LogP contribution in [0, 0.1) is 17.8 Å². The molecule has 0 aromatic rings. The van der Waals surface area contributed by atoms with Gasteiger partial charge in [0, 0.05) is 16.3 Å². The molecule has 0 fully saturated rings. The smallest absolute Gasteiger partial charge is 0.0146 e. The van der Waals surface area contributed by atoms with Gasteiger partial charge in [0.1, 0.15) is 0 Å². The lowest BCUT2D eigenvalue weighted by atomic mass is 10.2. The topological polar surface area (TPSA) is 0 Å². The summed E-state index contributed by atoms with van der Waals surface area (Å²) in [5.41, 5.74) is 0. The molecule has 22 heavy (non-hydrogen) atoms. The van der Waals surface area contributed by atoms with Gasteiger partial charge < -0.3 is 0 Å². The average molecular weight is 387 g/mol. The van der Waals surface area contributed by atoms with E-state index in [4.69, 9.17) is 0 Å². The summed E-state index contributed by atoms with van der Waals surface area (Å²) in [6, 6.07) is 0. The van der Waals surface area contributed by atoms with Crippen LogP contribution in [0.1, 0.15) is 75.7 Å². The Kier molecular flexibility index (Phi) is 26.2. The van der Waals surface area contributed by atoms with Gasteiger partial charge >= 0.3 is 0 Å². The third kappa shape index (κ3) is 26.3. The van der Waals surface area contributed by atoms with Crippen molar-refractivity contribution in [3.05, 3.63) is 0 Å². The van der Waals surface area contributed by atoms with Gasteiger partial charge in [-0.25, -0.2) is 0 Å². The van der Waals surface area contributed by atoms with E-state index >= 15 is 0 Å². The molecule has 0 saturated heterocycles. The van der Waals surface area contributed by atoms with E-state index in [0.29, 0.717) is 0 Å². The summed E-state index contributed by atoms with van der Waals surface area (Å²) in [4.78, 5) is 0. The lowest BCUT2D eigenvalue weighted by Gasteiger charge is -2.12. The van der Waals surface area contributed by atoms with E-state index < -0.39 is 0 Å². The van der Waals surface area contributed by atoms with Crippen LogP contribution in [0.15, 0.2) is 0 Å². The van der Waals surface area contributed by atoms with Crippen molar-refractivity contribution < 1.29 is 0 Å². The zero-order valence-electron chi connectivity index (χ0n) is 16.9. The van der Waals surface area contributed by atoms with Gasteiger partial charge in [0.15, 0.2) is 0 Å². The van der Waals surface area contributed by atoms with Crippen LogP contribution in [0.25, 0.3) is 0 Å². The molecule has 138 valence electrons. The van der Waals surface area contributed by atoms with E-state index in [1.165, 1.54) is 12.2 Å². The second kappa shape index (κ2) is 20.4. The Morgan fingerprint density at radius 3 is 1.23 bits per heavy atom. The third-order valence-corrected chi connectivity index (χ3v) is 9.05. The van der Waals surface area contributed by atoms with Crippen molar-refractivity contribution in [2.24, 2.45) is 17.8 Å². The molecule has 0 aromatic carbocycles. The fourth-order valence-electron chi connectivity index (χ4n) is 0.549. The average Bonchev–Trinajstić information content (AvgIpc) is 2.45. The highest BCUT2D eigenvalue weighted by atomic mass is 33.1. The van der Waals surface area contributed by atoms with Crippen molar-refractivity contribution in [2.75, 3.05) is 12.0 Å². The van der Waals surface area contributed by atoms with Crippen molar-refractivity contribution in [3.63, 3.8) is 0 Å². The number of rotatable bonds is 8. The van der Waals surface area contributed by atoms with E-state index in [1.54, 1.807) is 0 Å². The first kappa shape index (κ1) is 28.2. The van der Waals surface area contributed by atoms with Gasteiger partial charge in [-0.1, -0.05) is 119 Å². The highest BCUT2D eigenvalue weighted by Crippen LogP contribution is 2.30. The van der Waals surface area contributed by atoms with Crippen LogP contribution in [0.5, 0.6) is 0 Å². The molecule has 0 heterocycles. The standard InChI is InChI=1S/C7H16S2.C6H14S2.C5H12/c1-5-8-9-7(4)6(2)3;1-5(2)6(3)8-7-4;1-4-5(2)3/h6-7H,5H2,1-4H3;5-6H,1-4H3;5H,4H2,1-3H3. The highest BCUT2D eigenvalue weighted by Gasteiger charge is 2.06. The molecule has 0 nitrogen and oxygen atoms in total. The minimum atomic E-state index is 0.796. The molecule has 0 N–H and O–H groups in total. The zero-order valence-corrected chi connectivity index (χ0v) is 20.2. The predicted octanol–water partition coefficient (Wildman–Crippen LogP) is 8.53. The first-order valence-corrected chi connectivity index (χ1v) is 13.6. The van der Waals surface area contributed by atoms with Gasteiger partial charge in [0.2, 0.25) is 0 Å². The Bertz CT molecular complexity index is 194. The summed E-state index contributed by atoms with van der Waals surface area (Å²) in [6.07, 6.45) is 3.43. The molecule has 0 aliphatic carbocycles. The molecule has 2 unspecified atom stereocenters. The molecule has 0 aliphatic heterocycles. The second-order valence-electron chi connectivity index (χ2n) is 6.47. The zero-order chi connectivity index (χ0) is 18.1. The molecule has 4 heteroatoms. The second-order valence-corrected chi connectivity index (χ2v) is 12.3. The van der Waals surface area contributed by atoms with E-state index in [-0.39, 0.29) is 0 Å². The van der Waals surface area contributed by atoms with Crippen molar-refractivity contribution in [1.29, 1.82) is 0 Å². The maximum atomic E-state index is 2.29. The lowest BCUT2D eigenvalue weighted by Crippen LogP contribution is -2.03. The maximum absolute atomic E-state index is 2.29. The first-order valence-electron chi connectivity index (χ1n) is 8.61. The van der Waals surface area contributed by atoms with Crippen LogP contribution in [0.3, 0.4) is 0 Å². The molecule has 0 spiro atoms. The van der Waals surface area contributed by atoms with E-state index in [9.17, 15) is 0 Å². The molecule has 0 amide bonds.